The van der Waals surface area contributed by atoms with Gasteiger partial charge in [0, 0.05) is 12.6 Å². The van der Waals surface area contributed by atoms with Gasteiger partial charge in [-0.3, -0.25) is 4.79 Å². The van der Waals surface area contributed by atoms with Crippen molar-refractivity contribution in [3.05, 3.63) is 24.3 Å². The van der Waals surface area contributed by atoms with Crippen LogP contribution in [0.5, 0.6) is 0 Å². The molecule has 1 amide bonds. The molecule has 0 aliphatic heterocycles. The smallest absolute Gasteiger partial charge is 0.230 e. The summed E-state index contributed by atoms with van der Waals surface area (Å²) in [6, 6.07) is 7.97. The minimum absolute atomic E-state index is 0.0320. The molecule has 0 saturated heterocycles. The van der Waals surface area contributed by atoms with Crippen LogP contribution in [0.1, 0.15) is 20.8 Å². The fraction of sp³-hybridized carbons (Fsp3) is 0.429. The highest BCUT2D eigenvalue weighted by molar-refractivity contribution is 7.99. The summed E-state index contributed by atoms with van der Waals surface area (Å²) < 4.78 is 2.02. The van der Waals surface area contributed by atoms with Crippen LogP contribution in [-0.2, 0) is 11.8 Å². The standard InChI is InChI=1S/C14H19N3OS/c1-14(2,3)16-12(18)9-19-13-15-10-7-5-6-8-11(10)17(13)4/h5-8H,9H2,1-4H3,(H,16,18). The summed E-state index contributed by atoms with van der Waals surface area (Å²) in [7, 11) is 1.97. The van der Waals surface area contributed by atoms with Gasteiger partial charge in [-0.25, -0.2) is 4.98 Å². The summed E-state index contributed by atoms with van der Waals surface area (Å²) in [6.07, 6.45) is 0. The van der Waals surface area contributed by atoms with E-state index in [4.69, 9.17) is 0 Å². The number of rotatable bonds is 3. The number of carbonyl (C=O) groups is 1. The van der Waals surface area contributed by atoms with Crippen LogP contribution >= 0.6 is 11.8 Å². The number of benzene rings is 1. The van der Waals surface area contributed by atoms with Crippen LogP contribution in [0.2, 0.25) is 0 Å². The van der Waals surface area contributed by atoms with Crippen molar-refractivity contribution < 1.29 is 4.79 Å². The Morgan fingerprint density at radius 3 is 2.68 bits per heavy atom. The van der Waals surface area contributed by atoms with E-state index in [9.17, 15) is 4.79 Å². The highest BCUT2D eigenvalue weighted by Crippen LogP contribution is 2.22. The van der Waals surface area contributed by atoms with E-state index in [2.05, 4.69) is 10.3 Å². The maximum absolute atomic E-state index is 11.8. The van der Waals surface area contributed by atoms with Crippen molar-refractivity contribution in [1.82, 2.24) is 14.9 Å². The second-order valence-corrected chi connectivity index (χ2v) is 6.47. The lowest BCUT2D eigenvalue weighted by Crippen LogP contribution is -2.41. The maximum Gasteiger partial charge on any atom is 0.230 e. The Kier molecular flexibility index (Phi) is 3.85. The minimum Gasteiger partial charge on any atom is -0.351 e. The van der Waals surface area contributed by atoms with Gasteiger partial charge in [-0.1, -0.05) is 23.9 Å². The van der Waals surface area contributed by atoms with Crippen LogP contribution in [0.25, 0.3) is 11.0 Å². The molecule has 0 radical (unpaired) electrons. The molecule has 0 atom stereocenters. The van der Waals surface area contributed by atoms with E-state index in [0.29, 0.717) is 5.75 Å². The molecule has 2 aromatic rings. The van der Waals surface area contributed by atoms with Crippen LogP contribution < -0.4 is 5.32 Å². The van der Waals surface area contributed by atoms with Gasteiger partial charge in [-0.15, -0.1) is 0 Å². The Labute approximate surface area is 117 Å². The highest BCUT2D eigenvalue weighted by Gasteiger charge is 2.15. The second-order valence-electron chi connectivity index (χ2n) is 5.53. The van der Waals surface area contributed by atoms with E-state index in [1.165, 1.54) is 11.8 Å². The van der Waals surface area contributed by atoms with Gasteiger partial charge in [-0.05, 0) is 32.9 Å². The van der Waals surface area contributed by atoms with Crippen LogP contribution in [0, 0.1) is 0 Å². The first-order valence-electron chi connectivity index (χ1n) is 6.22. The van der Waals surface area contributed by atoms with Crippen molar-refractivity contribution in [2.45, 2.75) is 31.5 Å². The summed E-state index contributed by atoms with van der Waals surface area (Å²) in [6.45, 7) is 5.93. The lowest BCUT2D eigenvalue weighted by Gasteiger charge is -2.20. The molecule has 2 rings (SSSR count). The van der Waals surface area contributed by atoms with Crippen LogP contribution in [0.15, 0.2) is 29.4 Å². The van der Waals surface area contributed by atoms with Crippen molar-refractivity contribution in [1.29, 1.82) is 0 Å². The third-order valence-electron chi connectivity index (χ3n) is 2.59. The number of carbonyl (C=O) groups excluding carboxylic acids is 1. The predicted molar refractivity (Wildman–Crippen MR) is 79.3 cm³/mol. The second kappa shape index (κ2) is 5.25. The number of hydrogen-bond acceptors (Lipinski definition) is 3. The Balaban J connectivity index is 2.06. The normalized spacial score (nSPS) is 11.8. The molecular formula is C14H19N3OS. The lowest BCUT2D eigenvalue weighted by molar-refractivity contribution is -0.119. The van der Waals surface area contributed by atoms with Gasteiger partial charge in [0.15, 0.2) is 5.16 Å². The van der Waals surface area contributed by atoms with Gasteiger partial charge in [0.2, 0.25) is 5.91 Å². The Hall–Kier alpha value is -1.49. The molecule has 1 aromatic heterocycles. The first-order chi connectivity index (χ1) is 8.87. The number of amides is 1. The number of imidazole rings is 1. The monoisotopic (exact) mass is 277 g/mol. The van der Waals surface area contributed by atoms with E-state index < -0.39 is 0 Å². The Bertz CT molecular complexity index is 598. The number of nitrogens with one attached hydrogen (secondary N) is 1. The largest absolute Gasteiger partial charge is 0.351 e. The number of thioether (sulfide) groups is 1. The number of para-hydroxylation sites is 2. The molecule has 1 heterocycles. The Morgan fingerprint density at radius 1 is 1.37 bits per heavy atom. The van der Waals surface area contributed by atoms with Gasteiger partial charge >= 0.3 is 0 Å². The van der Waals surface area contributed by atoms with Gasteiger partial charge in [0.25, 0.3) is 0 Å². The Morgan fingerprint density at radius 2 is 2.05 bits per heavy atom. The molecular weight excluding hydrogens is 258 g/mol. The number of hydrogen-bond donors (Lipinski definition) is 1. The summed E-state index contributed by atoms with van der Waals surface area (Å²) in [5, 5.41) is 3.81. The zero-order valence-corrected chi connectivity index (χ0v) is 12.5. The average Bonchev–Trinajstić information content (AvgIpc) is 2.62. The van der Waals surface area contributed by atoms with E-state index >= 15 is 0 Å². The molecule has 102 valence electrons. The van der Waals surface area contributed by atoms with Crippen molar-refractivity contribution >= 4 is 28.7 Å². The van der Waals surface area contributed by atoms with Gasteiger partial charge in [-0.2, -0.15) is 0 Å². The SMILES string of the molecule is Cn1c(SCC(=O)NC(C)(C)C)nc2ccccc21. The summed E-state index contributed by atoms with van der Waals surface area (Å²) in [5.41, 5.74) is 1.86. The highest BCUT2D eigenvalue weighted by atomic mass is 32.2. The molecule has 0 aliphatic carbocycles. The molecule has 0 spiro atoms. The quantitative estimate of drug-likeness (QED) is 0.877. The van der Waals surface area contributed by atoms with Gasteiger partial charge in [0.1, 0.15) is 0 Å². The summed E-state index contributed by atoms with van der Waals surface area (Å²) in [5.74, 6) is 0.415. The molecule has 0 unspecified atom stereocenters. The number of fused-ring (bicyclic) bond motifs is 1. The van der Waals surface area contributed by atoms with Crippen molar-refractivity contribution in [3.63, 3.8) is 0 Å². The first kappa shape index (κ1) is 13.9. The summed E-state index contributed by atoms with van der Waals surface area (Å²) >= 11 is 1.46. The lowest BCUT2D eigenvalue weighted by atomic mass is 10.1. The molecule has 0 bridgehead atoms. The van der Waals surface area contributed by atoms with Crippen LogP contribution in [0.3, 0.4) is 0 Å². The van der Waals surface area contributed by atoms with Crippen molar-refractivity contribution in [2.24, 2.45) is 7.05 Å². The fourth-order valence-corrected chi connectivity index (χ4v) is 2.62. The molecule has 0 saturated carbocycles. The van der Waals surface area contributed by atoms with Crippen molar-refractivity contribution in [3.8, 4) is 0 Å². The molecule has 5 heteroatoms. The zero-order valence-electron chi connectivity index (χ0n) is 11.7. The van der Waals surface area contributed by atoms with E-state index in [0.717, 1.165) is 16.2 Å². The molecule has 4 nitrogen and oxygen atoms in total. The van der Waals surface area contributed by atoms with E-state index in [-0.39, 0.29) is 11.4 Å². The molecule has 0 fully saturated rings. The third-order valence-corrected chi connectivity index (χ3v) is 3.62. The average molecular weight is 277 g/mol. The summed E-state index contributed by atoms with van der Waals surface area (Å²) in [4.78, 5) is 16.3. The predicted octanol–water partition coefficient (Wildman–Crippen LogP) is 2.58. The topological polar surface area (TPSA) is 46.9 Å². The van der Waals surface area contributed by atoms with E-state index in [1.54, 1.807) is 0 Å². The van der Waals surface area contributed by atoms with Gasteiger partial charge in [0.05, 0.1) is 16.8 Å². The van der Waals surface area contributed by atoms with E-state index in [1.807, 2.05) is 56.7 Å². The molecule has 19 heavy (non-hydrogen) atoms. The van der Waals surface area contributed by atoms with Crippen LogP contribution in [-0.4, -0.2) is 26.8 Å². The molecule has 1 aromatic carbocycles. The van der Waals surface area contributed by atoms with Crippen LogP contribution in [0.4, 0.5) is 0 Å². The minimum atomic E-state index is -0.190. The third kappa shape index (κ3) is 3.50. The number of aromatic nitrogens is 2. The van der Waals surface area contributed by atoms with Gasteiger partial charge < -0.3 is 9.88 Å². The first-order valence-corrected chi connectivity index (χ1v) is 7.21. The number of nitrogens with zero attached hydrogens (tertiary/aromatic N) is 2. The maximum atomic E-state index is 11.8. The molecule has 1 N–H and O–H groups in total. The zero-order chi connectivity index (χ0) is 14.0. The fourth-order valence-electron chi connectivity index (χ4n) is 1.84. The number of aryl methyl sites for hydroxylation is 1. The molecule has 0 aliphatic rings. The van der Waals surface area contributed by atoms with Crippen molar-refractivity contribution in [2.75, 3.05) is 5.75 Å².